The Kier molecular flexibility index (Phi) is 6.48. The number of benzene rings is 2. The van der Waals surface area contributed by atoms with Crippen molar-refractivity contribution in [1.29, 1.82) is 0 Å². The van der Waals surface area contributed by atoms with Crippen molar-refractivity contribution in [3.8, 4) is 5.69 Å². The number of likely N-dealkylation sites (tertiary alicyclic amines) is 1. The van der Waals surface area contributed by atoms with Crippen LogP contribution in [-0.4, -0.2) is 33.3 Å². The first-order valence-corrected chi connectivity index (χ1v) is 11.0. The van der Waals surface area contributed by atoms with Crippen LogP contribution in [0.15, 0.2) is 53.3 Å². The van der Waals surface area contributed by atoms with Crippen LogP contribution in [0.4, 0.5) is 10.1 Å². The summed E-state index contributed by atoms with van der Waals surface area (Å²) >= 11 is 5.83. The van der Waals surface area contributed by atoms with Gasteiger partial charge in [0.25, 0.3) is 5.56 Å². The fourth-order valence-corrected chi connectivity index (χ4v) is 4.34. The lowest BCUT2D eigenvalue weighted by atomic mass is 9.95. The van der Waals surface area contributed by atoms with Crippen LogP contribution in [0.5, 0.6) is 0 Å². The first-order valence-electron chi connectivity index (χ1n) is 10.7. The largest absolute Gasteiger partial charge is 0.320 e. The smallest absolute Gasteiger partial charge is 0.295 e. The van der Waals surface area contributed by atoms with Crippen LogP contribution in [0.25, 0.3) is 5.69 Å². The maximum atomic E-state index is 14.1. The van der Waals surface area contributed by atoms with Gasteiger partial charge < -0.3 is 5.32 Å². The Labute approximate surface area is 191 Å². The molecule has 1 aromatic heterocycles. The van der Waals surface area contributed by atoms with Crippen LogP contribution in [0.3, 0.4) is 0 Å². The summed E-state index contributed by atoms with van der Waals surface area (Å²) in [5.74, 6) is -0.648. The minimum absolute atomic E-state index is 0.145. The number of rotatable bonds is 5. The molecule has 4 rings (SSSR count). The van der Waals surface area contributed by atoms with Gasteiger partial charge in [-0.1, -0.05) is 35.9 Å². The highest BCUT2D eigenvalue weighted by Crippen LogP contribution is 2.23. The number of hydrogen-bond donors (Lipinski definition) is 1. The van der Waals surface area contributed by atoms with Gasteiger partial charge in [-0.2, -0.15) is 0 Å². The van der Waals surface area contributed by atoms with Crippen LogP contribution in [0.1, 0.15) is 24.1 Å². The molecule has 0 atom stereocenters. The van der Waals surface area contributed by atoms with Crippen molar-refractivity contribution in [2.45, 2.75) is 26.3 Å². The molecular formula is C24H26ClFN4O2. The lowest BCUT2D eigenvalue weighted by Crippen LogP contribution is -2.38. The fourth-order valence-electron chi connectivity index (χ4n) is 4.18. The molecule has 1 fully saturated rings. The number of piperidine rings is 1. The molecule has 2 aromatic carbocycles. The second-order valence-electron chi connectivity index (χ2n) is 8.21. The normalized spacial score (nSPS) is 15.1. The minimum Gasteiger partial charge on any atom is -0.320 e. The summed E-state index contributed by atoms with van der Waals surface area (Å²) < 4.78 is 17.4. The third kappa shape index (κ3) is 4.49. The monoisotopic (exact) mass is 456 g/mol. The summed E-state index contributed by atoms with van der Waals surface area (Å²) in [6.45, 7) is 3.67. The number of carbonyl (C=O) groups excluding carboxylic acids is 1. The van der Waals surface area contributed by atoms with Crippen molar-refractivity contribution in [2.24, 2.45) is 13.0 Å². The van der Waals surface area contributed by atoms with Crippen molar-refractivity contribution in [3.63, 3.8) is 0 Å². The van der Waals surface area contributed by atoms with E-state index < -0.39 is 0 Å². The maximum Gasteiger partial charge on any atom is 0.295 e. The number of halogens is 2. The number of amides is 1. The summed E-state index contributed by atoms with van der Waals surface area (Å²) in [5.41, 5.74) is 2.10. The topological polar surface area (TPSA) is 59.3 Å². The van der Waals surface area contributed by atoms with Crippen molar-refractivity contribution in [2.75, 3.05) is 18.4 Å². The van der Waals surface area contributed by atoms with Gasteiger partial charge in [-0.25, -0.2) is 9.07 Å². The number of para-hydroxylation sites is 1. The molecule has 0 spiro atoms. The standard InChI is InChI=1S/C24H26ClFN4O2/c1-16-22(24(32)30(28(16)2)20-6-4-3-5-7-20)27-23(31)17-10-12-29(13-11-17)15-18-8-9-19(25)14-21(18)26/h3-9,14,17H,10-13,15H2,1-2H3,(H,27,31). The molecule has 8 heteroatoms. The molecule has 1 amide bonds. The predicted octanol–water partition coefficient (Wildman–Crippen LogP) is 4.13. The third-order valence-electron chi connectivity index (χ3n) is 6.17. The molecule has 0 unspecified atom stereocenters. The zero-order valence-corrected chi connectivity index (χ0v) is 18.9. The highest BCUT2D eigenvalue weighted by atomic mass is 35.5. The SMILES string of the molecule is Cc1c(NC(=O)C2CCN(Cc3ccc(Cl)cc3F)CC2)c(=O)n(-c2ccccc2)n1C. The van der Waals surface area contributed by atoms with Gasteiger partial charge in [0.05, 0.1) is 11.4 Å². The van der Waals surface area contributed by atoms with E-state index >= 15 is 0 Å². The predicted molar refractivity (Wildman–Crippen MR) is 124 cm³/mol. The van der Waals surface area contributed by atoms with E-state index in [1.54, 1.807) is 28.5 Å². The molecular weight excluding hydrogens is 431 g/mol. The average molecular weight is 457 g/mol. The summed E-state index contributed by atoms with van der Waals surface area (Å²) in [7, 11) is 1.80. The molecule has 6 nitrogen and oxygen atoms in total. The van der Waals surface area contributed by atoms with Gasteiger partial charge in [0.15, 0.2) is 0 Å². The molecule has 3 aromatic rings. The van der Waals surface area contributed by atoms with Crippen LogP contribution in [-0.2, 0) is 18.4 Å². The molecule has 2 heterocycles. The molecule has 32 heavy (non-hydrogen) atoms. The Hall–Kier alpha value is -2.90. The lowest BCUT2D eigenvalue weighted by Gasteiger charge is -2.31. The first-order chi connectivity index (χ1) is 15.3. The molecule has 0 radical (unpaired) electrons. The van der Waals surface area contributed by atoms with Gasteiger partial charge >= 0.3 is 0 Å². The zero-order valence-electron chi connectivity index (χ0n) is 18.1. The summed E-state index contributed by atoms with van der Waals surface area (Å²) in [6, 6.07) is 14.0. The van der Waals surface area contributed by atoms with E-state index in [4.69, 9.17) is 11.6 Å². The van der Waals surface area contributed by atoms with Gasteiger partial charge in [-0.15, -0.1) is 0 Å². The van der Waals surface area contributed by atoms with E-state index in [1.165, 1.54) is 6.07 Å². The Balaban J connectivity index is 1.41. The molecule has 1 aliphatic heterocycles. The summed E-state index contributed by atoms with van der Waals surface area (Å²) in [4.78, 5) is 28.1. The number of hydrogen-bond acceptors (Lipinski definition) is 3. The van der Waals surface area contributed by atoms with E-state index in [-0.39, 0.29) is 23.2 Å². The molecule has 0 saturated carbocycles. The van der Waals surface area contributed by atoms with Crippen molar-refractivity contribution in [3.05, 3.63) is 81.0 Å². The van der Waals surface area contributed by atoms with Crippen LogP contribution < -0.4 is 10.9 Å². The Morgan fingerprint density at radius 2 is 1.84 bits per heavy atom. The summed E-state index contributed by atoms with van der Waals surface area (Å²) in [6.07, 6.45) is 1.31. The van der Waals surface area contributed by atoms with E-state index in [2.05, 4.69) is 10.2 Å². The van der Waals surface area contributed by atoms with Crippen molar-refractivity contribution in [1.82, 2.24) is 14.3 Å². The highest BCUT2D eigenvalue weighted by Gasteiger charge is 2.27. The van der Waals surface area contributed by atoms with Crippen molar-refractivity contribution < 1.29 is 9.18 Å². The molecule has 1 saturated heterocycles. The quantitative estimate of drug-likeness (QED) is 0.628. The minimum atomic E-state index is -0.313. The van der Waals surface area contributed by atoms with E-state index in [9.17, 15) is 14.0 Å². The fraction of sp³-hybridized carbons (Fsp3) is 0.333. The number of nitrogens with one attached hydrogen (secondary N) is 1. The second kappa shape index (κ2) is 9.30. The molecule has 0 aliphatic carbocycles. The van der Waals surface area contributed by atoms with Gasteiger partial charge in [-0.05, 0) is 57.1 Å². The van der Waals surface area contributed by atoms with Gasteiger partial charge in [0.1, 0.15) is 11.5 Å². The average Bonchev–Trinajstić information content (AvgIpc) is 3.00. The Morgan fingerprint density at radius 1 is 1.16 bits per heavy atom. The number of aromatic nitrogens is 2. The first kappa shape index (κ1) is 22.3. The van der Waals surface area contributed by atoms with Gasteiger partial charge in [0, 0.05) is 30.1 Å². The number of carbonyl (C=O) groups is 1. The molecule has 168 valence electrons. The maximum absolute atomic E-state index is 14.1. The second-order valence-corrected chi connectivity index (χ2v) is 8.65. The van der Waals surface area contributed by atoms with Gasteiger partial charge in [0.2, 0.25) is 5.91 Å². The molecule has 1 aliphatic rings. The summed E-state index contributed by atoms with van der Waals surface area (Å²) in [5, 5.41) is 3.25. The van der Waals surface area contributed by atoms with E-state index in [0.717, 1.165) is 5.69 Å². The van der Waals surface area contributed by atoms with E-state index in [1.807, 2.05) is 37.3 Å². The van der Waals surface area contributed by atoms with E-state index in [0.29, 0.717) is 54.4 Å². The number of anilines is 1. The van der Waals surface area contributed by atoms with Gasteiger partial charge in [-0.3, -0.25) is 19.2 Å². The number of nitrogens with zero attached hydrogens (tertiary/aromatic N) is 3. The third-order valence-corrected chi connectivity index (χ3v) is 6.40. The van der Waals surface area contributed by atoms with Crippen LogP contribution in [0, 0.1) is 18.7 Å². The molecule has 1 N–H and O–H groups in total. The highest BCUT2D eigenvalue weighted by molar-refractivity contribution is 6.30. The van der Waals surface area contributed by atoms with Crippen LogP contribution >= 0.6 is 11.6 Å². The zero-order chi connectivity index (χ0) is 22.8. The lowest BCUT2D eigenvalue weighted by molar-refractivity contribution is -0.121. The molecule has 0 bridgehead atoms. The Bertz CT molecular complexity index is 1180. The Morgan fingerprint density at radius 3 is 2.50 bits per heavy atom. The van der Waals surface area contributed by atoms with Crippen LogP contribution in [0.2, 0.25) is 5.02 Å². The van der Waals surface area contributed by atoms with Crippen molar-refractivity contribution >= 4 is 23.2 Å².